The van der Waals surface area contributed by atoms with Gasteiger partial charge in [0.05, 0.1) is 0 Å². The van der Waals surface area contributed by atoms with E-state index in [-0.39, 0.29) is 11.6 Å². The van der Waals surface area contributed by atoms with Crippen molar-refractivity contribution in [2.24, 2.45) is 5.73 Å². The molecule has 1 heterocycles. The summed E-state index contributed by atoms with van der Waals surface area (Å²) < 4.78 is 25.2. The first-order valence-electron chi connectivity index (χ1n) is 7.59. The van der Waals surface area contributed by atoms with E-state index in [1.165, 1.54) is 12.1 Å². The largest absolute Gasteiger partial charge is 0.329 e. The summed E-state index contributed by atoms with van der Waals surface area (Å²) in [5.41, 5.74) is 7.02. The first-order chi connectivity index (χ1) is 10.0. The predicted molar refractivity (Wildman–Crippen MR) is 81.5 cm³/mol. The fourth-order valence-electron chi connectivity index (χ4n) is 2.93. The molecule has 2 N–H and O–H groups in total. The van der Waals surface area contributed by atoms with Crippen LogP contribution in [-0.2, 0) is 0 Å². The van der Waals surface area contributed by atoms with Crippen molar-refractivity contribution in [1.29, 1.82) is 0 Å². The number of hydrogen-bond acceptors (Lipinski definition) is 3. The molecule has 0 bridgehead atoms. The molecule has 5 heteroatoms. The molecule has 2 rings (SSSR count). The van der Waals surface area contributed by atoms with E-state index in [0.29, 0.717) is 12.6 Å². The lowest BCUT2D eigenvalue weighted by molar-refractivity contribution is 0.0802. The van der Waals surface area contributed by atoms with Crippen molar-refractivity contribution >= 4 is 0 Å². The number of benzene rings is 1. The fraction of sp³-hybridized carbons (Fsp3) is 0.625. The number of halogens is 2. The van der Waals surface area contributed by atoms with Gasteiger partial charge >= 0.3 is 0 Å². The molecule has 0 radical (unpaired) electrons. The van der Waals surface area contributed by atoms with E-state index in [1.807, 2.05) is 0 Å². The molecule has 1 fully saturated rings. The Balaban J connectivity index is 2.03. The van der Waals surface area contributed by atoms with Crippen LogP contribution in [0.5, 0.6) is 0 Å². The Morgan fingerprint density at radius 3 is 1.86 bits per heavy atom. The number of piperazine rings is 1. The molecule has 1 aliphatic rings. The standard InChI is InChI=1S/C16H25F2N3/c1-12(2)20-7-9-21(10-8-20)15(11-19)13-3-5-14(6-4-13)16(17)18/h3-6,12,15-16H,7-11,19H2,1-2H3. The third-order valence-electron chi connectivity index (χ3n) is 4.32. The second-order valence-corrected chi connectivity index (χ2v) is 5.88. The van der Waals surface area contributed by atoms with Crippen molar-refractivity contribution < 1.29 is 8.78 Å². The minimum Gasteiger partial charge on any atom is -0.329 e. The fourth-order valence-corrected chi connectivity index (χ4v) is 2.93. The monoisotopic (exact) mass is 297 g/mol. The van der Waals surface area contributed by atoms with Crippen molar-refractivity contribution in [1.82, 2.24) is 9.80 Å². The van der Waals surface area contributed by atoms with Crippen LogP contribution in [0.15, 0.2) is 24.3 Å². The van der Waals surface area contributed by atoms with Gasteiger partial charge in [0.2, 0.25) is 0 Å². The molecule has 1 aromatic carbocycles. The lowest BCUT2D eigenvalue weighted by Crippen LogP contribution is -2.50. The summed E-state index contributed by atoms with van der Waals surface area (Å²) in [7, 11) is 0. The maximum Gasteiger partial charge on any atom is 0.263 e. The first-order valence-corrected chi connectivity index (χ1v) is 7.59. The van der Waals surface area contributed by atoms with Gasteiger partial charge < -0.3 is 5.73 Å². The number of hydrogen-bond donors (Lipinski definition) is 1. The predicted octanol–water partition coefficient (Wildman–Crippen LogP) is 2.65. The Hall–Kier alpha value is -1.04. The van der Waals surface area contributed by atoms with E-state index >= 15 is 0 Å². The highest BCUT2D eigenvalue weighted by Gasteiger charge is 2.25. The van der Waals surface area contributed by atoms with Gasteiger partial charge in [-0.1, -0.05) is 24.3 Å². The van der Waals surface area contributed by atoms with Crippen LogP contribution in [0.25, 0.3) is 0 Å². The Kier molecular flexibility index (Phi) is 5.67. The highest BCUT2D eigenvalue weighted by Crippen LogP contribution is 2.25. The average Bonchev–Trinajstić information content (AvgIpc) is 2.49. The zero-order valence-corrected chi connectivity index (χ0v) is 12.8. The van der Waals surface area contributed by atoms with Gasteiger partial charge in [-0.2, -0.15) is 0 Å². The van der Waals surface area contributed by atoms with E-state index in [2.05, 4.69) is 23.6 Å². The minimum absolute atomic E-state index is 0.0687. The maximum absolute atomic E-state index is 12.6. The molecular formula is C16H25F2N3. The molecule has 118 valence electrons. The van der Waals surface area contributed by atoms with Crippen molar-refractivity contribution in [2.45, 2.75) is 32.4 Å². The van der Waals surface area contributed by atoms with Gasteiger partial charge in [0, 0.05) is 50.4 Å². The average molecular weight is 297 g/mol. The van der Waals surface area contributed by atoms with E-state index < -0.39 is 6.43 Å². The van der Waals surface area contributed by atoms with Crippen molar-refractivity contribution in [3.05, 3.63) is 35.4 Å². The topological polar surface area (TPSA) is 32.5 Å². The Labute approximate surface area is 125 Å². The van der Waals surface area contributed by atoms with Crippen LogP contribution in [0.2, 0.25) is 0 Å². The number of nitrogens with zero attached hydrogens (tertiary/aromatic N) is 2. The summed E-state index contributed by atoms with van der Waals surface area (Å²) in [6.45, 7) is 8.92. The summed E-state index contributed by atoms with van der Waals surface area (Å²) in [6, 6.07) is 7.27. The van der Waals surface area contributed by atoms with Crippen LogP contribution in [-0.4, -0.2) is 48.6 Å². The molecule has 0 aliphatic carbocycles. The van der Waals surface area contributed by atoms with E-state index in [1.54, 1.807) is 12.1 Å². The number of alkyl halides is 2. The van der Waals surface area contributed by atoms with Crippen molar-refractivity contribution in [2.75, 3.05) is 32.7 Å². The molecule has 1 aliphatic heterocycles. The van der Waals surface area contributed by atoms with Crippen LogP contribution in [0.4, 0.5) is 8.78 Å². The minimum atomic E-state index is -2.41. The molecule has 1 saturated heterocycles. The van der Waals surface area contributed by atoms with Gasteiger partial charge in [-0.15, -0.1) is 0 Å². The highest BCUT2D eigenvalue weighted by atomic mass is 19.3. The normalized spacial score (nSPS) is 19.4. The SMILES string of the molecule is CC(C)N1CCN(C(CN)c2ccc(C(F)F)cc2)CC1. The Morgan fingerprint density at radius 1 is 0.952 bits per heavy atom. The highest BCUT2D eigenvalue weighted by molar-refractivity contribution is 5.26. The molecule has 1 aromatic rings. The number of rotatable bonds is 5. The van der Waals surface area contributed by atoms with Gasteiger partial charge in [0.1, 0.15) is 0 Å². The third-order valence-corrected chi connectivity index (χ3v) is 4.32. The van der Waals surface area contributed by atoms with Gasteiger partial charge in [-0.05, 0) is 19.4 Å². The van der Waals surface area contributed by atoms with Gasteiger partial charge in [-0.25, -0.2) is 8.78 Å². The van der Waals surface area contributed by atoms with Crippen LogP contribution in [0.3, 0.4) is 0 Å². The number of nitrogens with two attached hydrogens (primary N) is 1. The van der Waals surface area contributed by atoms with E-state index in [9.17, 15) is 8.78 Å². The smallest absolute Gasteiger partial charge is 0.263 e. The lowest BCUT2D eigenvalue weighted by Gasteiger charge is -2.40. The Morgan fingerprint density at radius 2 is 1.43 bits per heavy atom. The second kappa shape index (κ2) is 7.29. The summed E-state index contributed by atoms with van der Waals surface area (Å²) in [5, 5.41) is 0. The van der Waals surface area contributed by atoms with E-state index in [0.717, 1.165) is 31.7 Å². The van der Waals surface area contributed by atoms with Crippen LogP contribution < -0.4 is 5.73 Å². The molecule has 3 nitrogen and oxygen atoms in total. The molecule has 0 aromatic heterocycles. The van der Waals surface area contributed by atoms with E-state index in [4.69, 9.17) is 5.73 Å². The summed E-state index contributed by atoms with van der Waals surface area (Å²) in [4.78, 5) is 4.81. The molecule has 1 unspecified atom stereocenters. The summed E-state index contributed by atoms with van der Waals surface area (Å²) >= 11 is 0. The Bertz CT molecular complexity index is 426. The maximum atomic E-state index is 12.6. The molecule has 0 saturated carbocycles. The van der Waals surface area contributed by atoms with Crippen molar-refractivity contribution in [3.8, 4) is 0 Å². The molecule has 0 spiro atoms. The molecule has 1 atom stereocenters. The molecule has 21 heavy (non-hydrogen) atoms. The van der Waals surface area contributed by atoms with Crippen LogP contribution >= 0.6 is 0 Å². The second-order valence-electron chi connectivity index (χ2n) is 5.88. The van der Waals surface area contributed by atoms with Gasteiger partial charge in [0.15, 0.2) is 0 Å². The van der Waals surface area contributed by atoms with Crippen LogP contribution in [0.1, 0.15) is 37.4 Å². The lowest BCUT2D eigenvalue weighted by atomic mass is 10.0. The van der Waals surface area contributed by atoms with Gasteiger partial charge in [0.25, 0.3) is 6.43 Å². The summed E-state index contributed by atoms with van der Waals surface area (Å²) in [6.07, 6.45) is -2.41. The van der Waals surface area contributed by atoms with Gasteiger partial charge in [-0.3, -0.25) is 9.80 Å². The zero-order chi connectivity index (χ0) is 15.4. The third kappa shape index (κ3) is 3.99. The summed E-state index contributed by atoms with van der Waals surface area (Å²) in [5.74, 6) is 0. The quantitative estimate of drug-likeness (QED) is 0.907. The molecule has 0 amide bonds. The molecular weight excluding hydrogens is 272 g/mol. The van der Waals surface area contributed by atoms with Crippen molar-refractivity contribution in [3.63, 3.8) is 0 Å². The van der Waals surface area contributed by atoms with Crippen LogP contribution in [0, 0.1) is 0 Å². The zero-order valence-electron chi connectivity index (χ0n) is 12.8. The first kappa shape index (κ1) is 16.3.